The van der Waals surface area contributed by atoms with E-state index in [1.54, 1.807) is 0 Å². The van der Waals surface area contributed by atoms with Gasteiger partial charge in [-0.25, -0.2) is 0 Å². The van der Waals surface area contributed by atoms with Crippen LogP contribution in [0.15, 0.2) is 53.0 Å². The molecular formula is C16H18BrNO. The molecule has 0 atom stereocenters. The molecule has 2 rings (SSSR count). The molecule has 0 saturated heterocycles. The summed E-state index contributed by atoms with van der Waals surface area (Å²) in [6, 6.07) is 16.3. The SMILES string of the molecule is CCNCc1cccc(OCc2ccccc2Br)c1. The standard InChI is InChI=1S/C16H18BrNO/c1-2-18-11-13-6-5-8-15(10-13)19-12-14-7-3-4-9-16(14)17/h3-10,18H,2,11-12H2,1H3. The molecular weight excluding hydrogens is 302 g/mol. The summed E-state index contributed by atoms with van der Waals surface area (Å²) < 4.78 is 6.92. The minimum atomic E-state index is 0.575. The Morgan fingerprint density at radius 3 is 2.74 bits per heavy atom. The van der Waals surface area contributed by atoms with E-state index >= 15 is 0 Å². The van der Waals surface area contributed by atoms with Crippen LogP contribution < -0.4 is 10.1 Å². The van der Waals surface area contributed by atoms with Gasteiger partial charge in [0, 0.05) is 16.6 Å². The van der Waals surface area contributed by atoms with Gasteiger partial charge >= 0.3 is 0 Å². The minimum absolute atomic E-state index is 0.575. The highest BCUT2D eigenvalue weighted by molar-refractivity contribution is 9.10. The van der Waals surface area contributed by atoms with Gasteiger partial charge in [0.1, 0.15) is 12.4 Å². The number of hydrogen-bond donors (Lipinski definition) is 1. The van der Waals surface area contributed by atoms with Crippen molar-refractivity contribution < 1.29 is 4.74 Å². The molecule has 2 aromatic rings. The summed E-state index contributed by atoms with van der Waals surface area (Å²) in [6.45, 7) is 4.53. The van der Waals surface area contributed by atoms with Gasteiger partial charge in [-0.1, -0.05) is 53.2 Å². The maximum Gasteiger partial charge on any atom is 0.120 e. The maximum absolute atomic E-state index is 5.84. The number of rotatable bonds is 6. The summed E-state index contributed by atoms with van der Waals surface area (Å²) in [6.07, 6.45) is 0. The summed E-state index contributed by atoms with van der Waals surface area (Å²) in [5, 5.41) is 3.31. The molecule has 0 aliphatic rings. The van der Waals surface area contributed by atoms with Crippen LogP contribution in [0.4, 0.5) is 0 Å². The fraction of sp³-hybridized carbons (Fsp3) is 0.250. The fourth-order valence-electron chi connectivity index (χ4n) is 1.79. The van der Waals surface area contributed by atoms with Crippen LogP contribution >= 0.6 is 15.9 Å². The smallest absolute Gasteiger partial charge is 0.120 e. The van der Waals surface area contributed by atoms with E-state index in [-0.39, 0.29) is 0 Å². The normalized spacial score (nSPS) is 10.4. The molecule has 0 aromatic heterocycles. The molecule has 0 spiro atoms. The van der Waals surface area contributed by atoms with E-state index in [1.807, 2.05) is 30.3 Å². The highest BCUT2D eigenvalue weighted by Gasteiger charge is 2.01. The number of benzene rings is 2. The van der Waals surface area contributed by atoms with Gasteiger partial charge in [-0.05, 0) is 30.3 Å². The van der Waals surface area contributed by atoms with Crippen LogP contribution in [0, 0.1) is 0 Å². The summed E-state index contributed by atoms with van der Waals surface area (Å²) in [4.78, 5) is 0. The molecule has 0 amide bonds. The quantitative estimate of drug-likeness (QED) is 0.864. The minimum Gasteiger partial charge on any atom is -0.489 e. The van der Waals surface area contributed by atoms with Crippen molar-refractivity contribution in [3.8, 4) is 5.75 Å². The Morgan fingerprint density at radius 1 is 1.11 bits per heavy atom. The molecule has 0 saturated carbocycles. The Bertz CT molecular complexity index is 528. The zero-order valence-corrected chi connectivity index (χ0v) is 12.6. The van der Waals surface area contributed by atoms with E-state index in [0.29, 0.717) is 6.61 Å². The van der Waals surface area contributed by atoms with E-state index in [4.69, 9.17) is 4.74 Å². The zero-order chi connectivity index (χ0) is 13.5. The predicted molar refractivity (Wildman–Crippen MR) is 82.3 cm³/mol. The van der Waals surface area contributed by atoms with Crippen molar-refractivity contribution in [2.24, 2.45) is 0 Å². The van der Waals surface area contributed by atoms with Crippen molar-refractivity contribution in [2.75, 3.05) is 6.54 Å². The van der Waals surface area contributed by atoms with Gasteiger partial charge < -0.3 is 10.1 Å². The largest absolute Gasteiger partial charge is 0.489 e. The summed E-state index contributed by atoms with van der Waals surface area (Å²) in [5.41, 5.74) is 2.39. The second-order valence-corrected chi connectivity index (χ2v) is 5.16. The average Bonchev–Trinajstić information content (AvgIpc) is 2.45. The van der Waals surface area contributed by atoms with Crippen LogP contribution in [0.25, 0.3) is 0 Å². The van der Waals surface area contributed by atoms with Crippen molar-refractivity contribution in [1.29, 1.82) is 0 Å². The van der Waals surface area contributed by atoms with Gasteiger partial charge in [-0.2, -0.15) is 0 Å². The van der Waals surface area contributed by atoms with Gasteiger partial charge in [0.05, 0.1) is 0 Å². The third-order valence-electron chi connectivity index (χ3n) is 2.83. The van der Waals surface area contributed by atoms with Gasteiger partial charge in [0.25, 0.3) is 0 Å². The van der Waals surface area contributed by atoms with E-state index in [2.05, 4.69) is 46.4 Å². The summed E-state index contributed by atoms with van der Waals surface area (Å²) in [7, 11) is 0. The molecule has 0 bridgehead atoms. The highest BCUT2D eigenvalue weighted by atomic mass is 79.9. The van der Waals surface area contributed by atoms with Crippen molar-refractivity contribution >= 4 is 15.9 Å². The molecule has 100 valence electrons. The first kappa shape index (κ1) is 14.1. The van der Waals surface area contributed by atoms with Crippen LogP contribution in [0.5, 0.6) is 5.75 Å². The van der Waals surface area contributed by atoms with E-state index in [0.717, 1.165) is 28.9 Å². The van der Waals surface area contributed by atoms with Crippen LogP contribution in [-0.2, 0) is 13.2 Å². The molecule has 0 heterocycles. The van der Waals surface area contributed by atoms with Gasteiger partial charge in [0.15, 0.2) is 0 Å². The lowest BCUT2D eigenvalue weighted by Gasteiger charge is -2.09. The Balaban J connectivity index is 1.98. The van der Waals surface area contributed by atoms with Gasteiger partial charge in [0.2, 0.25) is 0 Å². The molecule has 3 heteroatoms. The molecule has 0 radical (unpaired) electrons. The van der Waals surface area contributed by atoms with E-state index < -0.39 is 0 Å². The highest BCUT2D eigenvalue weighted by Crippen LogP contribution is 2.19. The van der Waals surface area contributed by atoms with Crippen molar-refractivity contribution in [2.45, 2.75) is 20.1 Å². The average molecular weight is 320 g/mol. The third kappa shape index (κ3) is 4.37. The topological polar surface area (TPSA) is 21.3 Å². The van der Waals surface area contributed by atoms with Crippen LogP contribution in [-0.4, -0.2) is 6.54 Å². The molecule has 2 aromatic carbocycles. The molecule has 0 aliphatic heterocycles. The molecule has 0 unspecified atom stereocenters. The monoisotopic (exact) mass is 319 g/mol. The number of halogens is 1. The van der Waals surface area contributed by atoms with Gasteiger partial charge in [-0.15, -0.1) is 0 Å². The second-order valence-electron chi connectivity index (χ2n) is 4.31. The lowest BCUT2D eigenvalue weighted by atomic mass is 10.2. The lowest BCUT2D eigenvalue weighted by molar-refractivity contribution is 0.305. The second kappa shape index (κ2) is 7.31. The molecule has 0 fully saturated rings. The fourth-order valence-corrected chi connectivity index (χ4v) is 2.19. The maximum atomic E-state index is 5.84. The van der Waals surface area contributed by atoms with Crippen molar-refractivity contribution in [3.05, 3.63) is 64.1 Å². The Morgan fingerprint density at radius 2 is 1.95 bits per heavy atom. The first-order valence-corrected chi connectivity index (χ1v) is 7.24. The number of hydrogen-bond acceptors (Lipinski definition) is 2. The molecule has 0 aliphatic carbocycles. The third-order valence-corrected chi connectivity index (χ3v) is 3.60. The Labute approximate surface area is 122 Å². The first-order valence-electron chi connectivity index (χ1n) is 6.45. The van der Waals surface area contributed by atoms with Gasteiger partial charge in [-0.3, -0.25) is 0 Å². The lowest BCUT2D eigenvalue weighted by Crippen LogP contribution is -2.11. The molecule has 19 heavy (non-hydrogen) atoms. The Hall–Kier alpha value is -1.32. The number of ether oxygens (including phenoxy) is 1. The molecule has 2 nitrogen and oxygen atoms in total. The van der Waals surface area contributed by atoms with Crippen LogP contribution in [0.1, 0.15) is 18.1 Å². The van der Waals surface area contributed by atoms with E-state index in [9.17, 15) is 0 Å². The first-order chi connectivity index (χ1) is 9.29. The van der Waals surface area contributed by atoms with Crippen LogP contribution in [0.2, 0.25) is 0 Å². The number of nitrogens with one attached hydrogen (secondary N) is 1. The van der Waals surface area contributed by atoms with Crippen molar-refractivity contribution in [3.63, 3.8) is 0 Å². The predicted octanol–water partition coefficient (Wildman–Crippen LogP) is 4.14. The Kier molecular flexibility index (Phi) is 5.43. The summed E-state index contributed by atoms with van der Waals surface area (Å²) >= 11 is 3.53. The van der Waals surface area contributed by atoms with E-state index in [1.165, 1.54) is 5.56 Å². The zero-order valence-electron chi connectivity index (χ0n) is 11.0. The van der Waals surface area contributed by atoms with Crippen LogP contribution in [0.3, 0.4) is 0 Å². The summed E-state index contributed by atoms with van der Waals surface area (Å²) in [5.74, 6) is 0.908. The molecule has 1 N–H and O–H groups in total. The van der Waals surface area contributed by atoms with Crippen molar-refractivity contribution in [1.82, 2.24) is 5.32 Å².